The van der Waals surface area contributed by atoms with Crippen molar-refractivity contribution < 1.29 is 9.84 Å². The van der Waals surface area contributed by atoms with Crippen LogP contribution in [0.4, 0.5) is 0 Å². The van der Waals surface area contributed by atoms with E-state index in [2.05, 4.69) is 10.3 Å². The van der Waals surface area contributed by atoms with Crippen molar-refractivity contribution in [1.29, 1.82) is 0 Å². The molecule has 0 amide bonds. The summed E-state index contributed by atoms with van der Waals surface area (Å²) in [5.41, 5.74) is -0.197. The topological polar surface area (TPSA) is 60.2 Å². The minimum atomic E-state index is -0.922. The van der Waals surface area contributed by atoms with E-state index in [1.165, 1.54) is 25.7 Å². The fourth-order valence-corrected chi connectivity index (χ4v) is 3.33. The smallest absolute Gasteiger partial charge is 0.114 e. The lowest BCUT2D eigenvalue weighted by atomic mass is 9.89. The fourth-order valence-electron chi connectivity index (χ4n) is 3.33. The highest BCUT2D eigenvalue weighted by atomic mass is 16.5. The summed E-state index contributed by atoms with van der Waals surface area (Å²) in [4.78, 5) is 0. The second kappa shape index (κ2) is 4.56. The first-order valence-electron chi connectivity index (χ1n) is 7.27. The van der Waals surface area contributed by atoms with E-state index < -0.39 is 5.60 Å². The Morgan fingerprint density at radius 1 is 1.42 bits per heavy atom. The van der Waals surface area contributed by atoms with Crippen molar-refractivity contribution >= 4 is 0 Å². The van der Waals surface area contributed by atoms with Gasteiger partial charge in [-0.3, -0.25) is 0 Å². The van der Waals surface area contributed by atoms with Crippen LogP contribution in [0.1, 0.15) is 64.1 Å². The Kier molecular flexibility index (Phi) is 3.14. The molecule has 1 spiro atoms. The van der Waals surface area contributed by atoms with Gasteiger partial charge in [0.25, 0.3) is 0 Å². The van der Waals surface area contributed by atoms with Crippen molar-refractivity contribution in [1.82, 2.24) is 15.0 Å². The lowest BCUT2D eigenvalue weighted by Gasteiger charge is -2.38. The van der Waals surface area contributed by atoms with E-state index in [1.807, 2.05) is 10.9 Å². The third kappa shape index (κ3) is 2.54. The number of hydrogen-bond acceptors (Lipinski definition) is 4. The maximum Gasteiger partial charge on any atom is 0.114 e. The molecular formula is C14H23N3O2. The second-order valence-corrected chi connectivity index (χ2v) is 6.53. The SMILES string of the molecule is CC(C)(O)c1cn(C2CCOC3(CCCC3)C2)nn1. The Balaban J connectivity index is 1.76. The number of rotatable bonds is 2. The van der Waals surface area contributed by atoms with Crippen molar-refractivity contribution in [2.24, 2.45) is 0 Å². The Hall–Kier alpha value is -0.940. The van der Waals surface area contributed by atoms with E-state index in [9.17, 15) is 5.11 Å². The van der Waals surface area contributed by atoms with E-state index in [1.54, 1.807) is 13.8 Å². The quantitative estimate of drug-likeness (QED) is 0.890. The highest BCUT2D eigenvalue weighted by molar-refractivity contribution is 5.04. The molecule has 3 rings (SSSR count). The van der Waals surface area contributed by atoms with E-state index in [4.69, 9.17) is 4.74 Å². The molecule has 0 radical (unpaired) electrons. The van der Waals surface area contributed by atoms with E-state index in [0.717, 1.165) is 19.4 Å². The molecule has 5 heteroatoms. The zero-order chi connectivity index (χ0) is 13.5. The zero-order valence-electron chi connectivity index (χ0n) is 11.8. The first-order chi connectivity index (χ1) is 8.99. The van der Waals surface area contributed by atoms with Crippen LogP contribution >= 0.6 is 0 Å². The van der Waals surface area contributed by atoms with E-state index >= 15 is 0 Å². The average molecular weight is 265 g/mol. The maximum absolute atomic E-state index is 9.97. The lowest BCUT2D eigenvalue weighted by Crippen LogP contribution is -2.38. The molecule has 1 aliphatic heterocycles. The predicted octanol–water partition coefficient (Wildman–Crippen LogP) is 2.17. The summed E-state index contributed by atoms with van der Waals surface area (Å²) in [6.07, 6.45) is 8.81. The molecule has 1 N–H and O–H groups in total. The van der Waals surface area contributed by atoms with Crippen LogP contribution in [-0.2, 0) is 10.3 Å². The monoisotopic (exact) mass is 265 g/mol. The molecule has 5 nitrogen and oxygen atoms in total. The fraction of sp³-hybridized carbons (Fsp3) is 0.857. The number of ether oxygens (including phenoxy) is 1. The Labute approximate surface area is 114 Å². The van der Waals surface area contributed by atoms with Crippen LogP contribution in [0, 0.1) is 0 Å². The number of nitrogens with zero attached hydrogens (tertiary/aromatic N) is 3. The summed E-state index contributed by atoms with van der Waals surface area (Å²) in [5.74, 6) is 0. The second-order valence-electron chi connectivity index (χ2n) is 6.53. The molecule has 1 aliphatic carbocycles. The summed E-state index contributed by atoms with van der Waals surface area (Å²) in [7, 11) is 0. The molecule has 1 atom stereocenters. The third-order valence-corrected chi connectivity index (χ3v) is 4.49. The predicted molar refractivity (Wildman–Crippen MR) is 70.7 cm³/mol. The molecule has 106 valence electrons. The Morgan fingerprint density at radius 3 is 2.79 bits per heavy atom. The van der Waals surface area contributed by atoms with Crippen LogP contribution in [0.25, 0.3) is 0 Å². The number of aliphatic hydroxyl groups is 1. The van der Waals surface area contributed by atoms with Gasteiger partial charge in [0.05, 0.1) is 17.8 Å². The van der Waals surface area contributed by atoms with Gasteiger partial charge in [-0.25, -0.2) is 4.68 Å². The maximum atomic E-state index is 9.97. The third-order valence-electron chi connectivity index (χ3n) is 4.49. The van der Waals surface area contributed by atoms with Crippen LogP contribution in [0.15, 0.2) is 6.20 Å². The van der Waals surface area contributed by atoms with Crippen molar-refractivity contribution in [2.75, 3.05) is 6.61 Å². The van der Waals surface area contributed by atoms with Gasteiger partial charge in [0.1, 0.15) is 11.3 Å². The molecular weight excluding hydrogens is 242 g/mol. The Morgan fingerprint density at radius 2 is 2.16 bits per heavy atom. The number of hydrogen-bond donors (Lipinski definition) is 1. The molecule has 0 bridgehead atoms. The summed E-state index contributed by atoms with van der Waals surface area (Å²) < 4.78 is 7.97. The van der Waals surface area contributed by atoms with Crippen molar-refractivity contribution in [2.45, 2.75) is 69.6 Å². The van der Waals surface area contributed by atoms with E-state index in [0.29, 0.717) is 11.7 Å². The van der Waals surface area contributed by atoms with Crippen LogP contribution < -0.4 is 0 Å². The Bertz CT molecular complexity index is 444. The van der Waals surface area contributed by atoms with Crippen LogP contribution in [-0.4, -0.2) is 32.3 Å². The molecule has 1 saturated heterocycles. The van der Waals surface area contributed by atoms with Gasteiger partial charge in [0.2, 0.25) is 0 Å². The van der Waals surface area contributed by atoms with Gasteiger partial charge in [-0.1, -0.05) is 18.1 Å². The van der Waals surface area contributed by atoms with Gasteiger partial charge in [0, 0.05) is 6.61 Å². The molecule has 19 heavy (non-hydrogen) atoms. The summed E-state index contributed by atoms with van der Waals surface area (Å²) in [6.45, 7) is 4.29. The van der Waals surface area contributed by atoms with E-state index in [-0.39, 0.29) is 5.60 Å². The summed E-state index contributed by atoms with van der Waals surface area (Å²) in [5, 5.41) is 18.3. The van der Waals surface area contributed by atoms with Gasteiger partial charge < -0.3 is 9.84 Å². The van der Waals surface area contributed by atoms with Gasteiger partial charge in [0.15, 0.2) is 0 Å². The molecule has 1 unspecified atom stereocenters. The van der Waals surface area contributed by atoms with Crippen LogP contribution in [0.3, 0.4) is 0 Å². The number of aromatic nitrogens is 3. The molecule has 2 heterocycles. The normalized spacial score (nSPS) is 27.0. The molecule has 2 aliphatic rings. The molecule has 1 aromatic heterocycles. The van der Waals surface area contributed by atoms with Crippen molar-refractivity contribution in [3.05, 3.63) is 11.9 Å². The van der Waals surface area contributed by atoms with Gasteiger partial charge in [-0.15, -0.1) is 5.10 Å². The largest absolute Gasteiger partial charge is 0.384 e. The van der Waals surface area contributed by atoms with Gasteiger partial charge in [-0.05, 0) is 39.5 Å². The standard InChI is InChI=1S/C14H23N3O2/c1-13(2,18)12-10-17(16-15-12)11-5-8-19-14(9-11)6-3-4-7-14/h10-11,18H,3-9H2,1-2H3. The zero-order valence-corrected chi connectivity index (χ0v) is 11.8. The minimum absolute atomic E-state index is 0.0871. The highest BCUT2D eigenvalue weighted by Crippen LogP contribution is 2.43. The van der Waals surface area contributed by atoms with Gasteiger partial charge >= 0.3 is 0 Å². The van der Waals surface area contributed by atoms with Gasteiger partial charge in [-0.2, -0.15) is 0 Å². The average Bonchev–Trinajstić information content (AvgIpc) is 2.98. The summed E-state index contributed by atoms with van der Waals surface area (Å²) >= 11 is 0. The molecule has 1 saturated carbocycles. The van der Waals surface area contributed by atoms with Crippen LogP contribution in [0.2, 0.25) is 0 Å². The van der Waals surface area contributed by atoms with Crippen molar-refractivity contribution in [3.63, 3.8) is 0 Å². The molecule has 0 aromatic carbocycles. The first kappa shape index (κ1) is 13.1. The molecule has 2 fully saturated rings. The minimum Gasteiger partial charge on any atom is -0.384 e. The first-order valence-corrected chi connectivity index (χ1v) is 7.27. The van der Waals surface area contributed by atoms with Crippen LogP contribution in [0.5, 0.6) is 0 Å². The van der Waals surface area contributed by atoms with Crippen molar-refractivity contribution in [3.8, 4) is 0 Å². The highest BCUT2D eigenvalue weighted by Gasteiger charge is 2.40. The summed E-state index contributed by atoms with van der Waals surface area (Å²) in [6, 6.07) is 0.357. The lowest BCUT2D eigenvalue weighted by molar-refractivity contribution is -0.0912. The molecule has 1 aromatic rings.